The fourth-order valence-corrected chi connectivity index (χ4v) is 3.00. The number of ether oxygens (including phenoxy) is 2. The molecule has 0 aliphatic rings. The fourth-order valence-electron chi connectivity index (χ4n) is 2.86. The highest BCUT2D eigenvalue weighted by Gasteiger charge is 2.11. The van der Waals surface area contributed by atoms with Gasteiger partial charge in [0, 0.05) is 10.9 Å². The number of rotatable bonds is 7. The molecule has 0 aliphatic heterocycles. The van der Waals surface area contributed by atoms with Gasteiger partial charge in [-0.2, -0.15) is 0 Å². The smallest absolute Gasteiger partial charge is 0.276 e. The average Bonchev–Trinajstić information content (AvgIpc) is 2.81. The molecule has 166 valence electrons. The Labute approximate surface area is 192 Å². The number of amides is 2. The lowest BCUT2D eigenvalue weighted by Gasteiger charge is -2.14. The maximum absolute atomic E-state index is 12.4. The summed E-state index contributed by atoms with van der Waals surface area (Å²) >= 11 is 5.08. The Bertz CT molecular complexity index is 1110. The Hall–Kier alpha value is -3.65. The van der Waals surface area contributed by atoms with Crippen molar-refractivity contribution in [3.05, 3.63) is 72.3 Å². The van der Waals surface area contributed by atoms with Crippen LogP contribution in [0.4, 0.5) is 0 Å². The molecule has 3 rings (SSSR count). The number of nitrogens with one attached hydrogen (secondary N) is 3. The van der Waals surface area contributed by atoms with Crippen LogP contribution in [-0.2, 0) is 4.79 Å². The maximum atomic E-state index is 12.4. The molecule has 0 bridgehead atoms. The van der Waals surface area contributed by atoms with Crippen molar-refractivity contribution in [2.45, 2.75) is 26.4 Å². The molecular formula is C24H25N3O4S. The van der Waals surface area contributed by atoms with Crippen LogP contribution in [0.2, 0.25) is 0 Å². The number of fused-ring (bicyclic) bond motifs is 1. The van der Waals surface area contributed by atoms with Crippen LogP contribution in [0.1, 0.15) is 30.6 Å². The van der Waals surface area contributed by atoms with E-state index in [-0.39, 0.29) is 17.8 Å². The van der Waals surface area contributed by atoms with Gasteiger partial charge in [0.2, 0.25) is 0 Å². The summed E-state index contributed by atoms with van der Waals surface area (Å²) in [5.41, 5.74) is 5.30. The van der Waals surface area contributed by atoms with Crippen molar-refractivity contribution in [3.8, 4) is 11.5 Å². The predicted molar refractivity (Wildman–Crippen MR) is 128 cm³/mol. The van der Waals surface area contributed by atoms with Gasteiger partial charge >= 0.3 is 0 Å². The van der Waals surface area contributed by atoms with Gasteiger partial charge in [0.05, 0.1) is 6.10 Å². The summed E-state index contributed by atoms with van der Waals surface area (Å²) in [7, 11) is 0. The first-order valence-electron chi connectivity index (χ1n) is 10.2. The van der Waals surface area contributed by atoms with Crippen molar-refractivity contribution in [1.82, 2.24) is 16.2 Å². The van der Waals surface area contributed by atoms with Gasteiger partial charge in [-0.05, 0) is 55.2 Å². The molecule has 0 radical (unpaired) electrons. The molecule has 0 aliphatic carbocycles. The number of hydrazine groups is 1. The van der Waals surface area contributed by atoms with Crippen LogP contribution < -0.4 is 25.6 Å². The molecule has 3 aromatic carbocycles. The Morgan fingerprint density at radius 3 is 2.56 bits per heavy atom. The van der Waals surface area contributed by atoms with Crippen molar-refractivity contribution in [3.63, 3.8) is 0 Å². The summed E-state index contributed by atoms with van der Waals surface area (Å²) in [6.07, 6.45) is 0.899. The van der Waals surface area contributed by atoms with Gasteiger partial charge in [0.15, 0.2) is 11.7 Å². The van der Waals surface area contributed by atoms with E-state index < -0.39 is 11.8 Å². The molecule has 0 heterocycles. The highest BCUT2D eigenvalue weighted by atomic mass is 32.1. The standard InChI is InChI=1S/C24H25N3O4S/c1-3-16(2)31-19-11-6-10-18(14-19)23(29)25-24(32)27-26-22(28)15-30-21-13-7-9-17-8-4-5-12-20(17)21/h4-14,16H,3,15H2,1-2H3,(H,26,28)(H2,25,27,29,32). The van der Waals surface area contributed by atoms with E-state index in [0.29, 0.717) is 17.1 Å². The lowest BCUT2D eigenvalue weighted by Crippen LogP contribution is -2.49. The second-order valence-corrected chi connectivity index (χ2v) is 7.50. The van der Waals surface area contributed by atoms with E-state index in [9.17, 15) is 9.59 Å². The second kappa shape index (κ2) is 11.1. The number of benzene rings is 3. The summed E-state index contributed by atoms with van der Waals surface area (Å²) in [5.74, 6) is 0.343. The molecule has 32 heavy (non-hydrogen) atoms. The SMILES string of the molecule is CCC(C)Oc1cccc(C(=O)NC(=S)NNC(=O)COc2cccc3ccccc23)c1. The van der Waals surface area contributed by atoms with Crippen LogP contribution in [0, 0.1) is 0 Å². The minimum atomic E-state index is -0.446. The maximum Gasteiger partial charge on any atom is 0.276 e. The van der Waals surface area contributed by atoms with Gasteiger partial charge < -0.3 is 9.47 Å². The van der Waals surface area contributed by atoms with E-state index >= 15 is 0 Å². The van der Waals surface area contributed by atoms with Crippen LogP contribution in [0.3, 0.4) is 0 Å². The largest absolute Gasteiger partial charge is 0.491 e. The monoisotopic (exact) mass is 451 g/mol. The third-order valence-electron chi connectivity index (χ3n) is 4.66. The zero-order valence-corrected chi connectivity index (χ0v) is 18.7. The normalized spacial score (nSPS) is 11.3. The third kappa shape index (κ3) is 6.42. The van der Waals surface area contributed by atoms with Gasteiger partial charge in [-0.1, -0.05) is 49.4 Å². The van der Waals surface area contributed by atoms with Crippen molar-refractivity contribution >= 4 is 39.9 Å². The van der Waals surface area contributed by atoms with Crippen molar-refractivity contribution in [1.29, 1.82) is 0 Å². The first-order chi connectivity index (χ1) is 15.5. The van der Waals surface area contributed by atoms with E-state index in [1.807, 2.05) is 50.2 Å². The summed E-state index contributed by atoms with van der Waals surface area (Å²) < 4.78 is 11.4. The second-order valence-electron chi connectivity index (χ2n) is 7.09. The molecule has 3 aromatic rings. The number of hydrogen-bond donors (Lipinski definition) is 3. The van der Waals surface area contributed by atoms with E-state index in [2.05, 4.69) is 16.2 Å². The van der Waals surface area contributed by atoms with Crippen LogP contribution in [0.25, 0.3) is 10.8 Å². The van der Waals surface area contributed by atoms with E-state index in [1.54, 1.807) is 30.3 Å². The Balaban J connectivity index is 1.46. The molecule has 0 saturated heterocycles. The zero-order chi connectivity index (χ0) is 22.9. The molecule has 0 aromatic heterocycles. The first-order valence-corrected chi connectivity index (χ1v) is 10.6. The number of carbonyl (C=O) groups is 2. The third-order valence-corrected chi connectivity index (χ3v) is 4.86. The Kier molecular flexibility index (Phi) is 7.99. The van der Waals surface area contributed by atoms with Crippen LogP contribution >= 0.6 is 12.2 Å². The van der Waals surface area contributed by atoms with E-state index in [4.69, 9.17) is 21.7 Å². The molecule has 0 saturated carbocycles. The van der Waals surface area contributed by atoms with Gasteiger partial charge in [0.25, 0.3) is 11.8 Å². The predicted octanol–water partition coefficient (Wildman–Crippen LogP) is 3.73. The highest BCUT2D eigenvalue weighted by molar-refractivity contribution is 7.80. The fraction of sp³-hybridized carbons (Fsp3) is 0.208. The summed E-state index contributed by atoms with van der Waals surface area (Å²) in [4.78, 5) is 24.5. The van der Waals surface area contributed by atoms with Crippen LogP contribution in [0.5, 0.6) is 11.5 Å². The summed E-state index contributed by atoms with van der Waals surface area (Å²) in [6, 6.07) is 20.2. The minimum Gasteiger partial charge on any atom is -0.491 e. The van der Waals surface area contributed by atoms with Crippen molar-refractivity contribution in [2.24, 2.45) is 0 Å². The minimum absolute atomic E-state index is 0.0400. The van der Waals surface area contributed by atoms with E-state index in [1.165, 1.54) is 0 Å². The molecule has 8 heteroatoms. The van der Waals surface area contributed by atoms with Gasteiger partial charge in [-0.3, -0.25) is 25.8 Å². The average molecular weight is 452 g/mol. The van der Waals surface area contributed by atoms with Gasteiger partial charge in [-0.15, -0.1) is 0 Å². The first kappa shape index (κ1) is 23.0. The lowest BCUT2D eigenvalue weighted by atomic mass is 10.1. The molecule has 1 unspecified atom stereocenters. The molecule has 0 spiro atoms. The molecule has 0 fully saturated rings. The molecule has 7 nitrogen and oxygen atoms in total. The molecule has 3 N–H and O–H groups in total. The van der Waals surface area contributed by atoms with Crippen molar-refractivity contribution in [2.75, 3.05) is 6.61 Å². The Morgan fingerprint density at radius 2 is 1.75 bits per heavy atom. The number of hydrogen-bond acceptors (Lipinski definition) is 5. The highest BCUT2D eigenvalue weighted by Crippen LogP contribution is 2.24. The van der Waals surface area contributed by atoms with Crippen LogP contribution in [0.15, 0.2) is 66.7 Å². The Morgan fingerprint density at radius 1 is 1.00 bits per heavy atom. The number of carbonyl (C=O) groups excluding carboxylic acids is 2. The lowest BCUT2D eigenvalue weighted by molar-refractivity contribution is -0.123. The summed E-state index contributed by atoms with van der Waals surface area (Å²) in [6.45, 7) is 3.76. The quantitative estimate of drug-likeness (QED) is 0.375. The van der Waals surface area contributed by atoms with Gasteiger partial charge in [0.1, 0.15) is 11.5 Å². The zero-order valence-electron chi connectivity index (χ0n) is 17.9. The van der Waals surface area contributed by atoms with Crippen LogP contribution in [-0.4, -0.2) is 29.6 Å². The number of thiocarbonyl (C=S) groups is 1. The molecule has 1 atom stereocenters. The molecular weight excluding hydrogens is 426 g/mol. The molecule has 2 amide bonds. The van der Waals surface area contributed by atoms with Crippen molar-refractivity contribution < 1.29 is 19.1 Å². The van der Waals surface area contributed by atoms with Gasteiger partial charge in [-0.25, -0.2) is 0 Å². The topological polar surface area (TPSA) is 88.7 Å². The summed E-state index contributed by atoms with van der Waals surface area (Å²) in [5, 5.41) is 4.41. The van der Waals surface area contributed by atoms with E-state index in [0.717, 1.165) is 17.2 Å².